The van der Waals surface area contributed by atoms with Crippen LogP contribution in [0, 0.1) is 5.82 Å². The Balaban J connectivity index is 2.16. The molecular formula is C19H20FN3O3S. The Morgan fingerprint density at radius 1 is 1.00 bits per heavy atom. The van der Waals surface area contributed by atoms with Gasteiger partial charge in [-0.05, 0) is 42.3 Å². The second-order valence-electron chi connectivity index (χ2n) is 6.45. The van der Waals surface area contributed by atoms with Crippen LogP contribution in [0.4, 0.5) is 10.1 Å². The Kier molecular flexibility index (Phi) is 4.93. The molecule has 0 atom stereocenters. The van der Waals surface area contributed by atoms with Gasteiger partial charge in [-0.3, -0.25) is 14.2 Å². The molecule has 27 heavy (non-hydrogen) atoms. The first-order valence-corrected chi connectivity index (χ1v) is 9.86. The van der Waals surface area contributed by atoms with Gasteiger partial charge in [0, 0.05) is 7.05 Å². The molecule has 0 spiro atoms. The second-order valence-corrected chi connectivity index (χ2v) is 8.13. The number of benzene rings is 2. The largest absolute Gasteiger partial charge is 0.296 e. The van der Waals surface area contributed by atoms with E-state index in [4.69, 9.17) is 0 Å². The zero-order valence-corrected chi connectivity index (χ0v) is 16.0. The van der Waals surface area contributed by atoms with Crippen molar-refractivity contribution in [3.63, 3.8) is 0 Å². The third-order valence-electron chi connectivity index (χ3n) is 4.22. The molecule has 3 rings (SSSR count). The molecule has 0 bridgehead atoms. The number of para-hydroxylation sites is 1. The minimum absolute atomic E-state index is 0.0133. The van der Waals surface area contributed by atoms with Crippen LogP contribution in [0.15, 0.2) is 64.3 Å². The zero-order valence-electron chi connectivity index (χ0n) is 15.2. The van der Waals surface area contributed by atoms with Gasteiger partial charge in [0.1, 0.15) is 11.5 Å². The molecule has 1 heterocycles. The van der Waals surface area contributed by atoms with Crippen LogP contribution in [0.5, 0.6) is 0 Å². The van der Waals surface area contributed by atoms with Crippen molar-refractivity contribution in [2.75, 3.05) is 4.72 Å². The third-order valence-corrected chi connectivity index (χ3v) is 5.58. The van der Waals surface area contributed by atoms with E-state index >= 15 is 0 Å². The van der Waals surface area contributed by atoms with E-state index in [-0.39, 0.29) is 16.5 Å². The summed E-state index contributed by atoms with van der Waals surface area (Å²) in [7, 11) is -2.33. The summed E-state index contributed by atoms with van der Waals surface area (Å²) in [6.45, 7) is 3.75. The minimum atomic E-state index is -4.04. The number of halogens is 1. The van der Waals surface area contributed by atoms with Crippen LogP contribution in [-0.4, -0.2) is 17.8 Å². The Labute approximate surface area is 156 Å². The fraction of sp³-hybridized carbons (Fsp3) is 0.211. The summed E-state index contributed by atoms with van der Waals surface area (Å²) in [5, 5.41) is 0. The van der Waals surface area contributed by atoms with Crippen molar-refractivity contribution in [3.05, 3.63) is 76.5 Å². The van der Waals surface area contributed by atoms with E-state index in [2.05, 4.69) is 4.72 Å². The summed E-state index contributed by atoms with van der Waals surface area (Å²) < 4.78 is 44.0. The number of aromatic nitrogens is 2. The van der Waals surface area contributed by atoms with Crippen molar-refractivity contribution in [2.24, 2.45) is 7.05 Å². The Hall–Kier alpha value is -2.87. The summed E-state index contributed by atoms with van der Waals surface area (Å²) in [5.74, 6) is -0.651. The zero-order chi connectivity index (χ0) is 19.8. The van der Waals surface area contributed by atoms with Crippen molar-refractivity contribution in [1.82, 2.24) is 9.36 Å². The normalized spacial score (nSPS) is 11.7. The molecular weight excluding hydrogens is 369 g/mol. The number of nitrogens with zero attached hydrogens (tertiary/aromatic N) is 2. The maximum Gasteiger partial charge on any atom is 0.296 e. The average Bonchev–Trinajstić information content (AvgIpc) is 2.86. The Morgan fingerprint density at radius 2 is 1.59 bits per heavy atom. The first kappa shape index (κ1) is 18.9. The molecule has 8 heteroatoms. The van der Waals surface area contributed by atoms with Gasteiger partial charge in [-0.1, -0.05) is 32.0 Å². The number of hydrogen-bond donors (Lipinski definition) is 1. The van der Waals surface area contributed by atoms with Crippen LogP contribution in [0.3, 0.4) is 0 Å². The Morgan fingerprint density at radius 3 is 2.15 bits per heavy atom. The first-order valence-electron chi connectivity index (χ1n) is 8.38. The molecule has 142 valence electrons. The molecule has 6 nitrogen and oxygen atoms in total. The van der Waals surface area contributed by atoms with Gasteiger partial charge in [-0.25, -0.2) is 17.5 Å². The first-order chi connectivity index (χ1) is 12.7. The van der Waals surface area contributed by atoms with E-state index < -0.39 is 21.4 Å². The molecule has 0 aliphatic heterocycles. The SMILES string of the molecule is CC(C)c1c(NS(=O)(=O)c2ccc(F)cc2)c(=O)n(-c2ccccc2)n1C. The fourth-order valence-electron chi connectivity index (χ4n) is 3.05. The average molecular weight is 389 g/mol. The van der Waals surface area contributed by atoms with Gasteiger partial charge >= 0.3 is 0 Å². The molecule has 1 aromatic heterocycles. The van der Waals surface area contributed by atoms with Gasteiger partial charge in [-0.2, -0.15) is 0 Å². The minimum Gasteiger partial charge on any atom is -0.283 e. The lowest BCUT2D eigenvalue weighted by atomic mass is 10.1. The van der Waals surface area contributed by atoms with Crippen molar-refractivity contribution in [3.8, 4) is 5.69 Å². The lowest BCUT2D eigenvalue weighted by molar-refractivity contribution is 0.594. The van der Waals surface area contributed by atoms with Crippen LogP contribution in [0.2, 0.25) is 0 Å². The molecule has 0 radical (unpaired) electrons. The summed E-state index contributed by atoms with van der Waals surface area (Å²) in [4.78, 5) is 12.9. The van der Waals surface area contributed by atoms with E-state index in [1.54, 1.807) is 36.0 Å². The molecule has 3 aromatic rings. The van der Waals surface area contributed by atoms with E-state index in [9.17, 15) is 17.6 Å². The molecule has 0 amide bonds. The van der Waals surface area contributed by atoms with E-state index in [0.717, 1.165) is 24.3 Å². The highest BCUT2D eigenvalue weighted by Crippen LogP contribution is 2.25. The standard InChI is InChI=1S/C19H20FN3O3S/c1-13(2)18-17(21-27(25,26)16-11-9-14(20)10-12-16)19(24)23(22(18)3)15-7-5-4-6-8-15/h4-13,21H,1-3H3. The fourth-order valence-corrected chi connectivity index (χ4v) is 4.12. The van der Waals surface area contributed by atoms with E-state index in [1.165, 1.54) is 4.68 Å². The van der Waals surface area contributed by atoms with Gasteiger partial charge in [-0.15, -0.1) is 0 Å². The number of nitrogens with one attached hydrogen (secondary N) is 1. The summed E-state index contributed by atoms with van der Waals surface area (Å²) in [6.07, 6.45) is 0. The van der Waals surface area contributed by atoms with Gasteiger partial charge in [0.2, 0.25) is 0 Å². The molecule has 2 aromatic carbocycles. The number of anilines is 1. The lowest BCUT2D eigenvalue weighted by Gasteiger charge is -2.13. The highest BCUT2D eigenvalue weighted by atomic mass is 32.2. The predicted molar refractivity (Wildman–Crippen MR) is 102 cm³/mol. The highest BCUT2D eigenvalue weighted by Gasteiger charge is 2.25. The summed E-state index contributed by atoms with van der Waals surface area (Å²) in [6, 6.07) is 13.4. The monoisotopic (exact) mass is 389 g/mol. The van der Waals surface area contributed by atoms with Crippen LogP contribution >= 0.6 is 0 Å². The van der Waals surface area contributed by atoms with E-state index in [0.29, 0.717) is 11.4 Å². The van der Waals surface area contributed by atoms with Gasteiger partial charge < -0.3 is 0 Å². The van der Waals surface area contributed by atoms with Crippen LogP contribution < -0.4 is 10.3 Å². The number of hydrogen-bond acceptors (Lipinski definition) is 3. The molecule has 0 aliphatic carbocycles. The third kappa shape index (κ3) is 3.52. The topological polar surface area (TPSA) is 73.1 Å². The van der Waals surface area contributed by atoms with Crippen molar-refractivity contribution < 1.29 is 12.8 Å². The van der Waals surface area contributed by atoms with Crippen molar-refractivity contribution >= 4 is 15.7 Å². The van der Waals surface area contributed by atoms with Gasteiger partial charge in [0.25, 0.3) is 15.6 Å². The molecule has 0 aliphatic rings. The number of rotatable bonds is 5. The maximum atomic E-state index is 13.1. The van der Waals surface area contributed by atoms with Crippen molar-refractivity contribution in [2.45, 2.75) is 24.7 Å². The van der Waals surface area contributed by atoms with Crippen molar-refractivity contribution in [1.29, 1.82) is 0 Å². The van der Waals surface area contributed by atoms with Crippen LogP contribution in [0.1, 0.15) is 25.5 Å². The summed E-state index contributed by atoms with van der Waals surface area (Å²) in [5.41, 5.74) is 0.687. The van der Waals surface area contributed by atoms with Gasteiger partial charge in [0.15, 0.2) is 0 Å². The lowest BCUT2D eigenvalue weighted by Crippen LogP contribution is -2.23. The van der Waals surface area contributed by atoms with Gasteiger partial charge in [0.05, 0.1) is 16.3 Å². The maximum absolute atomic E-state index is 13.1. The molecule has 0 saturated carbocycles. The van der Waals surface area contributed by atoms with Crippen LogP contribution in [0.25, 0.3) is 5.69 Å². The quantitative estimate of drug-likeness (QED) is 0.728. The molecule has 0 fully saturated rings. The Bertz CT molecular complexity index is 1120. The van der Waals surface area contributed by atoms with Crippen LogP contribution in [-0.2, 0) is 17.1 Å². The molecule has 0 saturated heterocycles. The predicted octanol–water partition coefficient (Wildman–Crippen LogP) is 3.24. The smallest absolute Gasteiger partial charge is 0.283 e. The number of sulfonamides is 1. The summed E-state index contributed by atoms with van der Waals surface area (Å²) >= 11 is 0. The highest BCUT2D eigenvalue weighted by molar-refractivity contribution is 7.92. The second kappa shape index (κ2) is 7.03. The molecule has 0 unspecified atom stereocenters. The van der Waals surface area contributed by atoms with E-state index in [1.807, 2.05) is 19.9 Å². The molecule has 1 N–H and O–H groups in total.